The number of aryl methyl sites for hydroxylation is 2. The van der Waals surface area contributed by atoms with Gasteiger partial charge in [0.15, 0.2) is 6.10 Å². The van der Waals surface area contributed by atoms with E-state index in [1.807, 2.05) is 19.9 Å². The van der Waals surface area contributed by atoms with Gasteiger partial charge in [-0.2, -0.15) is 0 Å². The number of benzene rings is 2. The largest absolute Gasteiger partial charge is 0.479 e. The normalized spacial score (nSPS) is 15.7. The summed E-state index contributed by atoms with van der Waals surface area (Å²) in [6.45, 7) is 5.30. The number of fused-ring (bicyclic) bond motifs is 1. The van der Waals surface area contributed by atoms with E-state index in [9.17, 15) is 18.0 Å². The standard InChI is InChI=1S/C22H22N4O5S2/c1-12-22(28)26(11-20(27)25-16-5-7-17(8-6-16)33(23,29)30)18-10-15(4-9-19(18)31-12)21-13(2)32-14(3)24-21/h4-10,12H,11H2,1-3H3,(H,25,27)(H2,23,29,30). The number of nitrogens with two attached hydrogens (primary N) is 1. The van der Waals surface area contributed by atoms with Crippen molar-refractivity contribution < 1.29 is 22.7 Å². The van der Waals surface area contributed by atoms with Crippen molar-refractivity contribution in [3.05, 3.63) is 52.3 Å². The molecule has 33 heavy (non-hydrogen) atoms. The number of primary sulfonamides is 1. The average Bonchev–Trinajstić information content (AvgIpc) is 3.09. The van der Waals surface area contributed by atoms with Crippen LogP contribution in [0.25, 0.3) is 11.3 Å². The number of amides is 2. The number of ether oxygens (including phenoxy) is 1. The molecule has 1 aliphatic heterocycles. The number of aromatic nitrogens is 1. The molecule has 2 amide bonds. The zero-order chi connectivity index (χ0) is 23.9. The Morgan fingerprint density at radius 1 is 1.21 bits per heavy atom. The van der Waals surface area contributed by atoms with Crippen LogP contribution in [0.4, 0.5) is 11.4 Å². The molecule has 11 heteroatoms. The summed E-state index contributed by atoms with van der Waals surface area (Å²) in [6.07, 6.45) is -0.742. The second-order valence-electron chi connectivity index (χ2n) is 7.62. The Hall–Kier alpha value is -3.28. The van der Waals surface area contributed by atoms with Crippen molar-refractivity contribution in [3.63, 3.8) is 0 Å². The first-order chi connectivity index (χ1) is 15.5. The van der Waals surface area contributed by atoms with E-state index < -0.39 is 22.0 Å². The van der Waals surface area contributed by atoms with Crippen molar-refractivity contribution >= 4 is 44.5 Å². The van der Waals surface area contributed by atoms with Crippen LogP contribution in [0.1, 0.15) is 16.8 Å². The van der Waals surface area contributed by atoms with Crippen molar-refractivity contribution in [1.29, 1.82) is 0 Å². The highest BCUT2D eigenvalue weighted by molar-refractivity contribution is 7.89. The molecule has 3 N–H and O–H groups in total. The molecule has 9 nitrogen and oxygen atoms in total. The number of hydrogen-bond donors (Lipinski definition) is 2. The fourth-order valence-corrected chi connectivity index (χ4v) is 4.94. The molecule has 0 bridgehead atoms. The summed E-state index contributed by atoms with van der Waals surface area (Å²) in [5.41, 5.74) is 2.51. The van der Waals surface area contributed by atoms with Gasteiger partial charge in [0.1, 0.15) is 12.3 Å². The van der Waals surface area contributed by atoms with Crippen molar-refractivity contribution in [2.75, 3.05) is 16.8 Å². The van der Waals surface area contributed by atoms with Crippen LogP contribution in [0.3, 0.4) is 0 Å². The van der Waals surface area contributed by atoms with Gasteiger partial charge in [0.25, 0.3) is 5.91 Å². The number of sulfonamides is 1. The van der Waals surface area contributed by atoms with Gasteiger partial charge in [0.05, 0.1) is 21.3 Å². The number of thiazole rings is 1. The van der Waals surface area contributed by atoms with E-state index >= 15 is 0 Å². The lowest BCUT2D eigenvalue weighted by Crippen LogP contribution is -2.47. The Bertz CT molecular complexity index is 1350. The molecule has 1 atom stereocenters. The van der Waals surface area contributed by atoms with Gasteiger partial charge in [-0.1, -0.05) is 0 Å². The lowest BCUT2D eigenvalue weighted by molar-refractivity contribution is -0.127. The van der Waals surface area contributed by atoms with Crippen LogP contribution in [-0.2, 0) is 19.6 Å². The predicted octanol–water partition coefficient (Wildman–Crippen LogP) is 2.83. The number of nitrogens with zero attached hydrogens (tertiary/aromatic N) is 2. The average molecular weight is 487 g/mol. The maximum Gasteiger partial charge on any atom is 0.268 e. The van der Waals surface area contributed by atoms with Crippen molar-refractivity contribution in [1.82, 2.24) is 4.98 Å². The van der Waals surface area contributed by atoms with E-state index in [1.165, 1.54) is 29.2 Å². The van der Waals surface area contributed by atoms with Gasteiger partial charge in [0.2, 0.25) is 15.9 Å². The van der Waals surface area contributed by atoms with E-state index in [1.54, 1.807) is 30.4 Å². The number of rotatable bonds is 5. The number of hydrogen-bond acceptors (Lipinski definition) is 7. The van der Waals surface area contributed by atoms with E-state index in [4.69, 9.17) is 9.88 Å². The van der Waals surface area contributed by atoms with Gasteiger partial charge in [-0.25, -0.2) is 18.5 Å². The van der Waals surface area contributed by atoms with Gasteiger partial charge in [0, 0.05) is 16.1 Å². The Kier molecular flexibility index (Phi) is 5.95. The highest BCUT2D eigenvalue weighted by Crippen LogP contribution is 2.38. The van der Waals surface area contributed by atoms with Gasteiger partial charge in [-0.05, 0) is 63.2 Å². The summed E-state index contributed by atoms with van der Waals surface area (Å²) < 4.78 is 28.5. The predicted molar refractivity (Wildman–Crippen MR) is 126 cm³/mol. The number of nitrogens with one attached hydrogen (secondary N) is 1. The minimum Gasteiger partial charge on any atom is -0.479 e. The third-order valence-electron chi connectivity index (χ3n) is 5.11. The molecule has 1 aromatic heterocycles. The Morgan fingerprint density at radius 3 is 2.52 bits per heavy atom. The van der Waals surface area contributed by atoms with Gasteiger partial charge >= 0.3 is 0 Å². The molecule has 4 rings (SSSR count). The third-order valence-corrected chi connectivity index (χ3v) is 6.93. The van der Waals surface area contributed by atoms with Crippen molar-refractivity contribution in [3.8, 4) is 17.0 Å². The third kappa shape index (κ3) is 4.75. The summed E-state index contributed by atoms with van der Waals surface area (Å²) in [5.74, 6) is -0.288. The smallest absolute Gasteiger partial charge is 0.268 e. The quantitative estimate of drug-likeness (QED) is 0.570. The fraction of sp³-hybridized carbons (Fsp3) is 0.227. The molecular weight excluding hydrogens is 464 g/mol. The van der Waals surface area contributed by atoms with Crippen molar-refractivity contribution in [2.45, 2.75) is 31.8 Å². The molecule has 0 fully saturated rings. The van der Waals surface area contributed by atoms with E-state index in [0.717, 1.165) is 21.1 Å². The van der Waals surface area contributed by atoms with Crippen LogP contribution in [0.15, 0.2) is 47.4 Å². The summed E-state index contributed by atoms with van der Waals surface area (Å²) >= 11 is 1.59. The molecule has 0 saturated heterocycles. The molecule has 0 radical (unpaired) electrons. The summed E-state index contributed by atoms with van der Waals surface area (Å²) in [4.78, 5) is 32.6. The van der Waals surface area contributed by atoms with E-state index in [2.05, 4.69) is 10.3 Å². The van der Waals surface area contributed by atoms with Crippen LogP contribution >= 0.6 is 11.3 Å². The van der Waals surface area contributed by atoms with E-state index in [-0.39, 0.29) is 17.3 Å². The zero-order valence-corrected chi connectivity index (χ0v) is 19.8. The van der Waals surface area contributed by atoms with Crippen LogP contribution in [0.5, 0.6) is 5.75 Å². The summed E-state index contributed by atoms with van der Waals surface area (Å²) in [5, 5.41) is 8.70. The summed E-state index contributed by atoms with van der Waals surface area (Å²) in [7, 11) is -3.83. The molecule has 0 aliphatic carbocycles. The van der Waals surface area contributed by atoms with Gasteiger partial charge < -0.3 is 10.1 Å². The molecule has 0 spiro atoms. The molecular formula is C22H22N4O5S2. The first-order valence-corrected chi connectivity index (χ1v) is 12.4. The van der Waals surface area contributed by atoms with Gasteiger partial charge in [-0.3, -0.25) is 14.5 Å². The zero-order valence-electron chi connectivity index (χ0n) is 18.2. The van der Waals surface area contributed by atoms with Crippen molar-refractivity contribution in [2.24, 2.45) is 5.14 Å². The van der Waals surface area contributed by atoms with E-state index in [0.29, 0.717) is 17.1 Å². The Labute approximate surface area is 195 Å². The minimum atomic E-state index is -3.83. The maximum absolute atomic E-state index is 12.9. The van der Waals surface area contributed by atoms with Crippen LogP contribution < -0.4 is 20.1 Å². The molecule has 3 aromatic rings. The molecule has 0 saturated carbocycles. The van der Waals surface area contributed by atoms with Crippen LogP contribution in [-0.4, -0.2) is 37.9 Å². The Morgan fingerprint density at radius 2 is 1.91 bits per heavy atom. The first kappa shape index (κ1) is 22.9. The topological polar surface area (TPSA) is 132 Å². The van der Waals surface area contributed by atoms with Crippen LogP contribution in [0.2, 0.25) is 0 Å². The molecule has 172 valence electrons. The lowest BCUT2D eigenvalue weighted by atomic mass is 10.1. The maximum atomic E-state index is 12.9. The second-order valence-corrected chi connectivity index (χ2v) is 10.6. The number of anilines is 2. The monoisotopic (exact) mass is 486 g/mol. The number of carbonyl (C=O) groups excluding carboxylic acids is 2. The molecule has 1 unspecified atom stereocenters. The molecule has 1 aliphatic rings. The lowest BCUT2D eigenvalue weighted by Gasteiger charge is -2.33. The van der Waals surface area contributed by atoms with Crippen LogP contribution in [0, 0.1) is 13.8 Å². The first-order valence-electron chi connectivity index (χ1n) is 10.0. The summed E-state index contributed by atoms with van der Waals surface area (Å²) in [6, 6.07) is 10.9. The number of carbonyl (C=O) groups is 2. The SMILES string of the molecule is Cc1nc(-c2ccc3c(c2)N(CC(=O)Nc2ccc(S(N)(=O)=O)cc2)C(=O)C(C)O3)c(C)s1. The van der Waals surface area contributed by atoms with Gasteiger partial charge in [-0.15, -0.1) is 11.3 Å². The Balaban J connectivity index is 1.59. The second kappa shape index (κ2) is 8.58. The highest BCUT2D eigenvalue weighted by atomic mass is 32.2. The fourth-order valence-electron chi connectivity index (χ4n) is 3.59. The molecule has 2 heterocycles. The highest BCUT2D eigenvalue weighted by Gasteiger charge is 2.33. The minimum absolute atomic E-state index is 0.0632. The molecule has 2 aromatic carbocycles.